The van der Waals surface area contributed by atoms with E-state index in [2.05, 4.69) is 10.1 Å². The largest absolute Gasteiger partial charge is 0.416 e. The van der Waals surface area contributed by atoms with Gasteiger partial charge in [0.2, 0.25) is 0 Å². The lowest BCUT2D eigenvalue weighted by Crippen LogP contribution is -2.49. The highest BCUT2D eigenvalue weighted by atomic mass is 35.5. The van der Waals surface area contributed by atoms with Gasteiger partial charge in [-0.1, -0.05) is 23.7 Å². The molecule has 1 fully saturated rings. The Kier molecular flexibility index (Phi) is 5.88. The van der Waals surface area contributed by atoms with Crippen LogP contribution in [0.25, 0.3) is 5.69 Å². The number of hydrogen-bond donors (Lipinski definition) is 0. The standard InChI is InChI=1S/C21H17ClF3N5O2/c22-18-17(28-8-10-29(11-9-28)19(31)16-6-1-2-7-26-16)13-27-30(20(18)32)15-5-3-4-14(12-15)21(23,24)25/h1-7,12-13H,8-11H2. The lowest BCUT2D eigenvalue weighted by atomic mass is 10.2. The normalized spacial score (nSPS) is 14.5. The summed E-state index contributed by atoms with van der Waals surface area (Å²) >= 11 is 6.28. The van der Waals surface area contributed by atoms with Crippen molar-refractivity contribution in [1.29, 1.82) is 0 Å². The molecule has 7 nitrogen and oxygen atoms in total. The molecule has 32 heavy (non-hydrogen) atoms. The van der Waals surface area contributed by atoms with E-state index in [0.717, 1.165) is 16.8 Å². The van der Waals surface area contributed by atoms with Crippen LogP contribution >= 0.6 is 11.6 Å². The zero-order valence-electron chi connectivity index (χ0n) is 16.6. The number of halogens is 4. The maximum Gasteiger partial charge on any atom is 0.416 e. The Hall–Kier alpha value is -3.40. The maximum atomic E-state index is 13.0. The number of anilines is 1. The van der Waals surface area contributed by atoms with Gasteiger partial charge in [0.15, 0.2) is 0 Å². The number of hydrogen-bond acceptors (Lipinski definition) is 5. The van der Waals surface area contributed by atoms with Gasteiger partial charge in [0.1, 0.15) is 10.7 Å². The first kappa shape index (κ1) is 21.8. The van der Waals surface area contributed by atoms with Gasteiger partial charge in [-0.15, -0.1) is 0 Å². The molecule has 3 aromatic rings. The maximum absolute atomic E-state index is 13.0. The van der Waals surface area contributed by atoms with Crippen LogP contribution in [0, 0.1) is 0 Å². The first-order chi connectivity index (χ1) is 15.3. The number of benzene rings is 1. The number of rotatable bonds is 3. The summed E-state index contributed by atoms with van der Waals surface area (Å²) in [4.78, 5) is 32.8. The minimum atomic E-state index is -4.55. The molecule has 11 heteroatoms. The van der Waals surface area contributed by atoms with Crippen LogP contribution < -0.4 is 10.5 Å². The third-order valence-corrected chi connectivity index (χ3v) is 5.47. The molecule has 0 aliphatic carbocycles. The topological polar surface area (TPSA) is 71.3 Å². The van der Waals surface area contributed by atoms with E-state index in [0.29, 0.717) is 37.6 Å². The Balaban J connectivity index is 1.53. The van der Waals surface area contributed by atoms with Gasteiger partial charge in [0, 0.05) is 32.4 Å². The predicted molar refractivity (Wildman–Crippen MR) is 112 cm³/mol. The molecule has 0 unspecified atom stereocenters. The van der Waals surface area contributed by atoms with Gasteiger partial charge in [-0.3, -0.25) is 14.6 Å². The summed E-state index contributed by atoms with van der Waals surface area (Å²) in [5.41, 5.74) is -0.939. The van der Waals surface area contributed by atoms with Crippen molar-refractivity contribution in [2.45, 2.75) is 6.18 Å². The van der Waals surface area contributed by atoms with E-state index in [-0.39, 0.29) is 16.6 Å². The Morgan fingerprint density at radius 3 is 2.44 bits per heavy atom. The molecule has 2 aromatic heterocycles. The molecule has 166 valence electrons. The number of pyridine rings is 1. The Labute approximate surface area is 185 Å². The SMILES string of the molecule is O=C(c1ccccn1)N1CCN(c2cnn(-c3cccc(C(F)(F)F)c3)c(=O)c2Cl)CC1. The summed E-state index contributed by atoms with van der Waals surface area (Å²) in [6.07, 6.45) is -1.65. The van der Waals surface area contributed by atoms with Gasteiger partial charge in [0.25, 0.3) is 11.5 Å². The number of carbonyl (C=O) groups is 1. The molecule has 1 aliphatic rings. The fourth-order valence-electron chi connectivity index (χ4n) is 3.44. The highest BCUT2D eigenvalue weighted by Crippen LogP contribution is 2.30. The number of piperazine rings is 1. The van der Waals surface area contributed by atoms with Crippen molar-refractivity contribution >= 4 is 23.2 Å². The minimum absolute atomic E-state index is 0.0379. The third-order valence-electron chi connectivity index (χ3n) is 5.11. The summed E-state index contributed by atoms with van der Waals surface area (Å²) in [7, 11) is 0. The summed E-state index contributed by atoms with van der Waals surface area (Å²) in [5, 5.41) is 3.88. The Morgan fingerprint density at radius 1 is 1.03 bits per heavy atom. The van der Waals surface area contributed by atoms with Gasteiger partial charge in [-0.25, -0.2) is 0 Å². The minimum Gasteiger partial charge on any atom is -0.365 e. The lowest BCUT2D eigenvalue weighted by molar-refractivity contribution is -0.137. The van der Waals surface area contributed by atoms with E-state index in [1.807, 2.05) is 4.90 Å². The number of nitrogens with zero attached hydrogens (tertiary/aromatic N) is 5. The van der Waals surface area contributed by atoms with Gasteiger partial charge in [0.05, 0.1) is 23.1 Å². The average Bonchev–Trinajstić information content (AvgIpc) is 2.80. The number of aromatic nitrogens is 3. The number of amides is 1. The van der Waals surface area contributed by atoms with Crippen molar-refractivity contribution < 1.29 is 18.0 Å². The third kappa shape index (κ3) is 4.31. The molecule has 0 bridgehead atoms. The van der Waals surface area contributed by atoms with Crippen LogP contribution in [0.3, 0.4) is 0 Å². The molecule has 1 amide bonds. The van der Waals surface area contributed by atoms with Crippen LogP contribution in [0.4, 0.5) is 18.9 Å². The summed E-state index contributed by atoms with van der Waals surface area (Å²) in [5.74, 6) is -0.186. The van der Waals surface area contributed by atoms with Gasteiger partial charge in [-0.2, -0.15) is 23.0 Å². The van der Waals surface area contributed by atoms with Crippen LogP contribution in [-0.2, 0) is 6.18 Å². The molecular formula is C21H17ClF3N5O2. The van der Waals surface area contributed by atoms with Crippen LogP contribution in [0.15, 0.2) is 59.7 Å². The molecule has 4 rings (SSSR count). The van der Waals surface area contributed by atoms with Crippen LogP contribution in [0.5, 0.6) is 0 Å². The van der Waals surface area contributed by atoms with E-state index in [1.165, 1.54) is 18.3 Å². The summed E-state index contributed by atoms with van der Waals surface area (Å²) < 4.78 is 39.8. The Bertz CT molecular complexity index is 1190. The molecule has 0 radical (unpaired) electrons. The molecule has 1 saturated heterocycles. The number of carbonyl (C=O) groups excluding carboxylic acids is 1. The highest BCUT2D eigenvalue weighted by Gasteiger charge is 2.31. The molecule has 0 saturated carbocycles. The zero-order chi connectivity index (χ0) is 22.9. The molecule has 0 N–H and O–H groups in total. The quantitative estimate of drug-likeness (QED) is 0.596. The van der Waals surface area contributed by atoms with Crippen molar-refractivity contribution in [3.05, 3.63) is 81.5 Å². The van der Waals surface area contributed by atoms with Crippen LogP contribution in [0.1, 0.15) is 16.1 Å². The summed E-state index contributed by atoms with van der Waals surface area (Å²) in [6.45, 7) is 1.60. The average molecular weight is 464 g/mol. The van der Waals surface area contributed by atoms with Gasteiger partial charge < -0.3 is 9.80 Å². The fourth-order valence-corrected chi connectivity index (χ4v) is 3.69. The van der Waals surface area contributed by atoms with Gasteiger partial charge in [-0.05, 0) is 30.3 Å². The molecule has 1 aliphatic heterocycles. The van der Waals surface area contributed by atoms with E-state index in [4.69, 9.17) is 11.6 Å². The zero-order valence-corrected chi connectivity index (χ0v) is 17.3. The smallest absolute Gasteiger partial charge is 0.365 e. The van der Waals surface area contributed by atoms with Crippen molar-refractivity contribution in [1.82, 2.24) is 19.7 Å². The molecular weight excluding hydrogens is 447 g/mol. The van der Waals surface area contributed by atoms with E-state index in [9.17, 15) is 22.8 Å². The molecule has 0 atom stereocenters. The molecule has 0 spiro atoms. The van der Waals surface area contributed by atoms with Crippen molar-refractivity contribution in [3.63, 3.8) is 0 Å². The van der Waals surface area contributed by atoms with Crippen LogP contribution in [0.2, 0.25) is 5.02 Å². The first-order valence-corrected chi connectivity index (χ1v) is 10.0. The van der Waals surface area contributed by atoms with Crippen molar-refractivity contribution in [2.24, 2.45) is 0 Å². The highest BCUT2D eigenvalue weighted by molar-refractivity contribution is 6.33. The molecule has 3 heterocycles. The van der Waals surface area contributed by atoms with E-state index < -0.39 is 17.3 Å². The second-order valence-corrected chi connectivity index (χ2v) is 7.48. The van der Waals surface area contributed by atoms with Gasteiger partial charge >= 0.3 is 6.18 Å². The lowest BCUT2D eigenvalue weighted by Gasteiger charge is -2.36. The number of alkyl halides is 3. The molecule has 1 aromatic carbocycles. The monoisotopic (exact) mass is 463 g/mol. The first-order valence-electron chi connectivity index (χ1n) is 9.66. The van der Waals surface area contributed by atoms with Crippen LogP contribution in [-0.4, -0.2) is 51.8 Å². The van der Waals surface area contributed by atoms with E-state index in [1.54, 1.807) is 29.3 Å². The Morgan fingerprint density at radius 2 is 1.78 bits per heavy atom. The van der Waals surface area contributed by atoms with Crippen molar-refractivity contribution in [3.8, 4) is 5.69 Å². The second-order valence-electron chi connectivity index (χ2n) is 7.10. The predicted octanol–water partition coefficient (Wildman–Crippen LogP) is 3.26. The fraction of sp³-hybridized carbons (Fsp3) is 0.238. The van der Waals surface area contributed by atoms with E-state index >= 15 is 0 Å². The second kappa shape index (κ2) is 8.62. The summed E-state index contributed by atoms with van der Waals surface area (Å²) in [6, 6.07) is 9.41. The van der Waals surface area contributed by atoms with Crippen molar-refractivity contribution in [2.75, 3.05) is 31.1 Å².